The van der Waals surface area contributed by atoms with Crippen molar-refractivity contribution in [3.63, 3.8) is 0 Å². The molecule has 1 rings (SSSR count). The molecule has 0 saturated heterocycles. The van der Waals surface area contributed by atoms with Gasteiger partial charge in [-0.15, -0.1) is 0 Å². The van der Waals surface area contributed by atoms with Crippen LogP contribution in [0.2, 0.25) is 0 Å². The van der Waals surface area contributed by atoms with Crippen molar-refractivity contribution in [3.8, 4) is 0 Å². The van der Waals surface area contributed by atoms with Crippen LogP contribution in [-0.4, -0.2) is 24.1 Å². The fraction of sp³-hybridized carbons (Fsp3) is 0.200. The lowest BCUT2D eigenvalue weighted by Gasteiger charge is -1.99. The summed E-state index contributed by atoms with van der Waals surface area (Å²) < 4.78 is 45.3. The minimum atomic E-state index is -4.70. The summed E-state index contributed by atoms with van der Waals surface area (Å²) in [4.78, 5) is 6.33. The topological polar surface area (TPSA) is 85.9 Å². The van der Waals surface area contributed by atoms with E-state index in [0.717, 1.165) is 12.4 Å². The molecule has 2 N–H and O–H groups in total. The molecule has 0 unspecified atom stereocenters. The fourth-order valence-electron chi connectivity index (χ4n) is 0.553. The molecule has 0 spiro atoms. The van der Waals surface area contributed by atoms with Crippen LogP contribution < -0.4 is 5.73 Å². The van der Waals surface area contributed by atoms with E-state index in [1.165, 1.54) is 0 Å². The molecule has 1 aromatic heterocycles. The van der Waals surface area contributed by atoms with Crippen molar-refractivity contribution >= 4 is 15.5 Å². The Hall–Kier alpha value is -1.31. The number of anilines is 1. The van der Waals surface area contributed by atoms with Crippen molar-refractivity contribution < 1.29 is 17.2 Å². The van der Waals surface area contributed by atoms with E-state index >= 15 is 0 Å². The molecule has 1 heterocycles. The maximum atomic E-state index is 11.9. The zero-order chi connectivity index (χ0) is 10.1. The average Bonchev–Trinajstić information content (AvgIpc) is 2.04. The third-order valence-corrected chi connectivity index (χ3v) is 2.33. The van der Waals surface area contributed by atoms with E-state index in [9.17, 15) is 17.2 Å². The number of hydrogen-bond acceptors (Lipinski definition) is 5. The second-order valence-electron chi connectivity index (χ2n) is 2.10. The predicted molar refractivity (Wildman–Crippen MR) is 39.6 cm³/mol. The van der Waals surface area contributed by atoms with Crippen LogP contribution in [-0.2, 0) is 9.84 Å². The Morgan fingerprint density at radius 3 is 2.15 bits per heavy atom. The van der Waals surface area contributed by atoms with Gasteiger partial charge >= 0.3 is 5.76 Å². The van der Waals surface area contributed by atoms with Crippen molar-refractivity contribution in [2.24, 2.45) is 0 Å². The highest BCUT2D eigenvalue weighted by atomic mass is 32.2. The molecule has 0 aliphatic heterocycles. The summed E-state index contributed by atoms with van der Waals surface area (Å²) in [5.74, 6) is -3.52. The van der Waals surface area contributed by atoms with Gasteiger partial charge in [-0.25, -0.2) is 18.4 Å². The van der Waals surface area contributed by atoms with Crippen LogP contribution in [0.3, 0.4) is 0 Å². The fourth-order valence-corrected chi connectivity index (χ4v) is 1.11. The van der Waals surface area contributed by atoms with Crippen molar-refractivity contribution in [2.75, 3.05) is 5.73 Å². The quantitative estimate of drug-likeness (QED) is 0.696. The lowest BCUT2D eigenvalue weighted by molar-refractivity contribution is 0.233. The Morgan fingerprint density at radius 2 is 1.77 bits per heavy atom. The average molecular weight is 209 g/mol. The first-order valence-electron chi connectivity index (χ1n) is 3.04. The number of halogens is 2. The van der Waals surface area contributed by atoms with Gasteiger partial charge in [-0.05, 0) is 0 Å². The van der Waals surface area contributed by atoms with E-state index in [4.69, 9.17) is 5.73 Å². The van der Waals surface area contributed by atoms with Gasteiger partial charge in [0.05, 0.1) is 18.1 Å². The molecule has 0 bridgehead atoms. The van der Waals surface area contributed by atoms with Gasteiger partial charge in [0.25, 0.3) is 15.0 Å². The van der Waals surface area contributed by atoms with E-state index in [-0.39, 0.29) is 5.69 Å². The van der Waals surface area contributed by atoms with E-state index in [0.29, 0.717) is 0 Å². The third kappa shape index (κ3) is 1.89. The number of nitrogens with zero attached hydrogens (tertiary/aromatic N) is 2. The highest BCUT2D eigenvalue weighted by molar-refractivity contribution is 7.91. The number of nitrogen functional groups attached to an aromatic ring is 1. The molecule has 0 saturated carbocycles. The Kier molecular flexibility index (Phi) is 2.41. The first kappa shape index (κ1) is 9.78. The van der Waals surface area contributed by atoms with Gasteiger partial charge in [-0.2, -0.15) is 8.78 Å². The Morgan fingerprint density at radius 1 is 1.31 bits per heavy atom. The minimum Gasteiger partial charge on any atom is -0.396 e. The number of aromatic nitrogens is 2. The van der Waals surface area contributed by atoms with Crippen LogP contribution in [0.1, 0.15) is 0 Å². The molecule has 13 heavy (non-hydrogen) atoms. The van der Waals surface area contributed by atoms with Gasteiger partial charge in [0.2, 0.25) is 0 Å². The first-order chi connectivity index (χ1) is 5.94. The second kappa shape index (κ2) is 3.21. The highest BCUT2D eigenvalue weighted by Crippen LogP contribution is 2.13. The van der Waals surface area contributed by atoms with Crippen LogP contribution in [0.4, 0.5) is 14.5 Å². The van der Waals surface area contributed by atoms with Gasteiger partial charge in [-0.3, -0.25) is 0 Å². The van der Waals surface area contributed by atoms with Crippen molar-refractivity contribution in [3.05, 3.63) is 12.4 Å². The summed E-state index contributed by atoms with van der Waals surface area (Å²) in [7, 11) is -4.70. The summed E-state index contributed by atoms with van der Waals surface area (Å²) in [5, 5.41) is -0.920. The number of nitrogens with two attached hydrogens (primary N) is 1. The summed E-state index contributed by atoms with van der Waals surface area (Å²) in [6.45, 7) is 0. The van der Waals surface area contributed by atoms with Gasteiger partial charge in [0.1, 0.15) is 0 Å². The molecule has 0 aliphatic rings. The molecule has 0 aliphatic carbocycles. The number of sulfone groups is 1. The lowest BCUT2D eigenvalue weighted by atomic mass is 10.6. The van der Waals surface area contributed by atoms with E-state index < -0.39 is 20.8 Å². The molecule has 0 atom stereocenters. The first-order valence-corrected chi connectivity index (χ1v) is 4.59. The standard InChI is InChI=1S/C5H5F2N3O2S/c6-4(7)13(11,12)5-9-1-3(8)2-10-5/h1-2,4H,8H2. The van der Waals surface area contributed by atoms with E-state index in [1.54, 1.807) is 0 Å². The Bertz CT molecular complexity index is 389. The zero-order valence-corrected chi connectivity index (χ0v) is 7.00. The SMILES string of the molecule is Nc1cnc(S(=O)(=O)C(F)F)nc1. The monoisotopic (exact) mass is 209 g/mol. The maximum absolute atomic E-state index is 11.9. The van der Waals surface area contributed by atoms with Crippen LogP contribution >= 0.6 is 0 Å². The summed E-state index contributed by atoms with van der Waals surface area (Å²) in [5.41, 5.74) is 5.24. The van der Waals surface area contributed by atoms with Crippen LogP contribution in [0.15, 0.2) is 17.6 Å². The molecular weight excluding hydrogens is 204 g/mol. The summed E-state index contributed by atoms with van der Waals surface area (Å²) in [6.07, 6.45) is 1.89. The predicted octanol–water partition coefficient (Wildman–Crippen LogP) is 0.0551. The molecule has 72 valence electrons. The molecule has 0 radical (unpaired) electrons. The number of rotatable bonds is 2. The van der Waals surface area contributed by atoms with Crippen LogP contribution in [0, 0.1) is 0 Å². The van der Waals surface area contributed by atoms with E-state index in [1.807, 2.05) is 0 Å². The molecule has 0 fully saturated rings. The Labute approximate surface area is 72.5 Å². The molecule has 0 aromatic carbocycles. The minimum absolute atomic E-state index is 0.105. The molecule has 8 heteroatoms. The van der Waals surface area contributed by atoms with Gasteiger partial charge in [0, 0.05) is 0 Å². The smallest absolute Gasteiger partial charge is 0.344 e. The summed E-state index contributed by atoms with van der Waals surface area (Å²) in [6, 6.07) is 0. The molecular formula is C5H5F2N3O2S. The van der Waals surface area contributed by atoms with Crippen LogP contribution in [0.5, 0.6) is 0 Å². The van der Waals surface area contributed by atoms with Crippen molar-refractivity contribution in [1.82, 2.24) is 9.97 Å². The van der Waals surface area contributed by atoms with E-state index in [2.05, 4.69) is 9.97 Å². The van der Waals surface area contributed by atoms with Crippen LogP contribution in [0.25, 0.3) is 0 Å². The molecule has 0 amide bonds. The third-order valence-electron chi connectivity index (χ3n) is 1.14. The second-order valence-corrected chi connectivity index (χ2v) is 3.92. The zero-order valence-electron chi connectivity index (χ0n) is 6.18. The lowest BCUT2D eigenvalue weighted by Crippen LogP contribution is -2.14. The largest absolute Gasteiger partial charge is 0.396 e. The van der Waals surface area contributed by atoms with Crippen molar-refractivity contribution in [1.29, 1.82) is 0 Å². The number of alkyl halides is 2. The summed E-state index contributed by atoms with van der Waals surface area (Å²) >= 11 is 0. The maximum Gasteiger partial charge on any atom is 0.344 e. The normalized spacial score (nSPS) is 11.9. The molecule has 5 nitrogen and oxygen atoms in total. The van der Waals surface area contributed by atoms with Gasteiger partial charge in [-0.1, -0.05) is 0 Å². The van der Waals surface area contributed by atoms with Gasteiger partial charge in [0.15, 0.2) is 0 Å². The highest BCUT2D eigenvalue weighted by Gasteiger charge is 2.29. The van der Waals surface area contributed by atoms with Gasteiger partial charge < -0.3 is 5.73 Å². The van der Waals surface area contributed by atoms with Crippen molar-refractivity contribution in [2.45, 2.75) is 10.9 Å². The Balaban J connectivity index is 3.17. The molecule has 1 aromatic rings. The number of hydrogen-bond donors (Lipinski definition) is 1.